The quantitative estimate of drug-likeness (QED) is 0.899. The summed E-state index contributed by atoms with van der Waals surface area (Å²) in [6.45, 7) is 2.46. The van der Waals surface area contributed by atoms with Crippen LogP contribution < -0.4 is 11.1 Å². The van der Waals surface area contributed by atoms with E-state index < -0.39 is 9.84 Å². The van der Waals surface area contributed by atoms with E-state index in [-0.39, 0.29) is 0 Å². The molecule has 0 spiro atoms. The number of rotatable bonds is 4. The Labute approximate surface area is 118 Å². The second-order valence-corrected chi connectivity index (χ2v) is 6.74. The van der Waals surface area contributed by atoms with E-state index in [1.807, 2.05) is 13.0 Å². The number of hydrogen-bond acceptors (Lipinski definition) is 5. The lowest BCUT2D eigenvalue weighted by molar-refractivity contribution is 0.602. The van der Waals surface area contributed by atoms with Crippen molar-refractivity contribution in [2.24, 2.45) is 0 Å². The first-order chi connectivity index (χ1) is 9.36. The zero-order valence-corrected chi connectivity index (χ0v) is 12.2. The normalized spacial score (nSPS) is 11.3. The first-order valence-electron chi connectivity index (χ1n) is 6.11. The number of aromatic nitrogens is 1. The molecule has 0 radical (unpaired) electrons. The molecule has 0 aliphatic rings. The van der Waals surface area contributed by atoms with Gasteiger partial charge in [-0.15, -0.1) is 0 Å². The monoisotopic (exact) mass is 291 g/mol. The van der Waals surface area contributed by atoms with Crippen molar-refractivity contribution in [1.82, 2.24) is 4.98 Å². The minimum atomic E-state index is -3.15. The summed E-state index contributed by atoms with van der Waals surface area (Å²) in [7, 11) is -3.15. The summed E-state index contributed by atoms with van der Waals surface area (Å²) < 4.78 is 22.7. The van der Waals surface area contributed by atoms with Crippen LogP contribution in [0.25, 0.3) is 0 Å². The Morgan fingerprint density at radius 1 is 1.25 bits per heavy atom. The highest BCUT2D eigenvalue weighted by molar-refractivity contribution is 7.90. The van der Waals surface area contributed by atoms with Crippen LogP contribution in [0.4, 0.5) is 11.5 Å². The maximum absolute atomic E-state index is 11.4. The SMILES string of the molecule is Cc1cnc(NCc2ccc(S(C)(=O)=O)cc2)c(N)c1. The van der Waals surface area contributed by atoms with Gasteiger partial charge >= 0.3 is 0 Å². The summed E-state index contributed by atoms with van der Waals surface area (Å²) in [5.41, 5.74) is 8.42. The molecule has 0 fully saturated rings. The standard InChI is InChI=1S/C14H17N3O2S/c1-10-7-13(15)14(16-8-10)17-9-11-3-5-12(6-4-11)20(2,18)19/h3-8H,9,15H2,1-2H3,(H,16,17). The van der Waals surface area contributed by atoms with E-state index in [4.69, 9.17) is 5.73 Å². The molecule has 5 nitrogen and oxygen atoms in total. The summed E-state index contributed by atoms with van der Waals surface area (Å²) in [5.74, 6) is 0.628. The van der Waals surface area contributed by atoms with Gasteiger partial charge in [-0.2, -0.15) is 0 Å². The first kappa shape index (κ1) is 14.3. The van der Waals surface area contributed by atoms with Crippen LogP contribution in [-0.4, -0.2) is 19.7 Å². The Morgan fingerprint density at radius 2 is 1.90 bits per heavy atom. The molecule has 0 aliphatic carbocycles. The minimum Gasteiger partial charge on any atom is -0.396 e. The maximum atomic E-state index is 11.4. The lowest BCUT2D eigenvalue weighted by Gasteiger charge is -2.09. The van der Waals surface area contributed by atoms with Crippen LogP contribution >= 0.6 is 0 Å². The van der Waals surface area contributed by atoms with Crippen molar-refractivity contribution in [3.05, 3.63) is 47.7 Å². The number of nitrogens with zero attached hydrogens (tertiary/aromatic N) is 1. The van der Waals surface area contributed by atoms with Crippen molar-refractivity contribution in [1.29, 1.82) is 0 Å². The predicted molar refractivity (Wildman–Crippen MR) is 80.3 cm³/mol. The molecule has 0 amide bonds. The lowest BCUT2D eigenvalue weighted by atomic mass is 10.2. The Hall–Kier alpha value is -2.08. The number of hydrogen-bond donors (Lipinski definition) is 2. The number of nitrogens with one attached hydrogen (secondary N) is 1. The van der Waals surface area contributed by atoms with Gasteiger partial charge < -0.3 is 11.1 Å². The number of nitrogens with two attached hydrogens (primary N) is 1. The van der Waals surface area contributed by atoms with Crippen molar-refractivity contribution in [2.75, 3.05) is 17.3 Å². The molecule has 2 rings (SSSR count). The first-order valence-corrected chi connectivity index (χ1v) is 8.00. The number of nitrogen functional groups attached to an aromatic ring is 1. The van der Waals surface area contributed by atoms with Gasteiger partial charge in [-0.05, 0) is 36.2 Å². The van der Waals surface area contributed by atoms with Crippen LogP contribution in [0.3, 0.4) is 0 Å². The lowest BCUT2D eigenvalue weighted by Crippen LogP contribution is -2.05. The molecule has 20 heavy (non-hydrogen) atoms. The number of sulfone groups is 1. The van der Waals surface area contributed by atoms with Crippen LogP contribution in [0.2, 0.25) is 0 Å². The third-order valence-corrected chi connectivity index (χ3v) is 3.99. The Balaban J connectivity index is 2.08. The summed E-state index contributed by atoms with van der Waals surface area (Å²) >= 11 is 0. The van der Waals surface area contributed by atoms with Crippen molar-refractivity contribution in [3.8, 4) is 0 Å². The predicted octanol–water partition coefficient (Wildman–Crippen LogP) is 1.99. The molecule has 2 aromatic rings. The van der Waals surface area contributed by atoms with Crippen molar-refractivity contribution in [2.45, 2.75) is 18.4 Å². The fourth-order valence-corrected chi connectivity index (χ4v) is 2.41. The number of anilines is 2. The van der Waals surface area contributed by atoms with Gasteiger partial charge in [0.25, 0.3) is 0 Å². The molecular weight excluding hydrogens is 274 g/mol. The van der Waals surface area contributed by atoms with Crippen LogP contribution in [0.1, 0.15) is 11.1 Å². The van der Waals surface area contributed by atoms with E-state index in [1.165, 1.54) is 6.26 Å². The molecule has 1 aromatic carbocycles. The third-order valence-electron chi connectivity index (χ3n) is 2.87. The second kappa shape index (κ2) is 5.50. The molecule has 106 valence electrons. The second-order valence-electron chi connectivity index (χ2n) is 4.72. The molecule has 0 saturated carbocycles. The van der Waals surface area contributed by atoms with Gasteiger partial charge in [0.1, 0.15) is 5.82 Å². The molecule has 0 saturated heterocycles. The zero-order valence-electron chi connectivity index (χ0n) is 11.4. The summed E-state index contributed by atoms with van der Waals surface area (Å²) in [6.07, 6.45) is 2.93. The van der Waals surface area contributed by atoms with Gasteiger partial charge in [0.05, 0.1) is 10.6 Å². The largest absolute Gasteiger partial charge is 0.396 e. The average molecular weight is 291 g/mol. The number of aryl methyl sites for hydroxylation is 1. The van der Waals surface area contributed by atoms with Gasteiger partial charge in [-0.25, -0.2) is 13.4 Å². The van der Waals surface area contributed by atoms with Gasteiger partial charge in [0.15, 0.2) is 9.84 Å². The smallest absolute Gasteiger partial charge is 0.175 e. The van der Waals surface area contributed by atoms with E-state index in [1.54, 1.807) is 30.5 Å². The topological polar surface area (TPSA) is 85.1 Å². The van der Waals surface area contributed by atoms with Crippen molar-refractivity contribution >= 4 is 21.3 Å². The highest BCUT2D eigenvalue weighted by Crippen LogP contribution is 2.17. The van der Waals surface area contributed by atoms with E-state index >= 15 is 0 Å². The summed E-state index contributed by atoms with van der Waals surface area (Å²) in [6, 6.07) is 8.58. The molecule has 0 aliphatic heterocycles. The van der Waals surface area contributed by atoms with E-state index in [0.29, 0.717) is 22.9 Å². The van der Waals surface area contributed by atoms with Gasteiger partial charge in [-0.3, -0.25) is 0 Å². The van der Waals surface area contributed by atoms with Gasteiger partial charge in [-0.1, -0.05) is 12.1 Å². The average Bonchev–Trinajstić information content (AvgIpc) is 2.37. The third kappa shape index (κ3) is 3.48. The van der Waals surface area contributed by atoms with Crippen LogP contribution in [0, 0.1) is 6.92 Å². The van der Waals surface area contributed by atoms with Crippen molar-refractivity contribution < 1.29 is 8.42 Å². The molecule has 1 aromatic heterocycles. The fourth-order valence-electron chi connectivity index (χ4n) is 1.78. The fraction of sp³-hybridized carbons (Fsp3) is 0.214. The van der Waals surface area contributed by atoms with E-state index in [2.05, 4.69) is 10.3 Å². The highest BCUT2D eigenvalue weighted by atomic mass is 32.2. The maximum Gasteiger partial charge on any atom is 0.175 e. The van der Waals surface area contributed by atoms with E-state index in [9.17, 15) is 8.42 Å². The highest BCUT2D eigenvalue weighted by Gasteiger charge is 2.06. The Kier molecular flexibility index (Phi) is 3.94. The van der Waals surface area contributed by atoms with Gasteiger partial charge in [0, 0.05) is 19.0 Å². The summed E-state index contributed by atoms with van der Waals surface area (Å²) in [4.78, 5) is 4.53. The molecular formula is C14H17N3O2S. The van der Waals surface area contributed by atoms with Gasteiger partial charge in [0.2, 0.25) is 0 Å². The van der Waals surface area contributed by atoms with E-state index in [0.717, 1.165) is 11.1 Å². The minimum absolute atomic E-state index is 0.314. The molecule has 0 unspecified atom stereocenters. The molecule has 3 N–H and O–H groups in total. The zero-order chi connectivity index (χ0) is 14.8. The van der Waals surface area contributed by atoms with Crippen LogP contribution in [-0.2, 0) is 16.4 Å². The molecule has 1 heterocycles. The molecule has 6 heteroatoms. The number of benzene rings is 1. The molecule has 0 atom stereocenters. The molecule has 0 bridgehead atoms. The van der Waals surface area contributed by atoms with Crippen LogP contribution in [0.15, 0.2) is 41.4 Å². The van der Waals surface area contributed by atoms with Crippen LogP contribution in [0.5, 0.6) is 0 Å². The Morgan fingerprint density at radius 3 is 2.45 bits per heavy atom. The number of pyridine rings is 1. The van der Waals surface area contributed by atoms with Crippen molar-refractivity contribution in [3.63, 3.8) is 0 Å². The Bertz CT molecular complexity index is 710. The summed E-state index contributed by atoms with van der Waals surface area (Å²) in [5, 5.41) is 3.13.